The van der Waals surface area contributed by atoms with Crippen LogP contribution in [-0.2, 0) is 22.5 Å². The topological polar surface area (TPSA) is 51.5 Å². The van der Waals surface area contributed by atoms with Crippen molar-refractivity contribution in [1.29, 1.82) is 0 Å². The van der Waals surface area contributed by atoms with E-state index in [1.54, 1.807) is 6.92 Å². The van der Waals surface area contributed by atoms with Crippen LogP contribution >= 0.6 is 0 Å². The predicted octanol–water partition coefficient (Wildman–Crippen LogP) is 1.88. The largest absolute Gasteiger partial charge is 0.466 e. The van der Waals surface area contributed by atoms with Gasteiger partial charge < -0.3 is 14.5 Å². The van der Waals surface area contributed by atoms with E-state index in [0.29, 0.717) is 26.1 Å². The number of rotatable bonds is 7. The summed E-state index contributed by atoms with van der Waals surface area (Å²) in [5, 5.41) is 3.13. The van der Waals surface area contributed by atoms with Gasteiger partial charge in [0.1, 0.15) is 11.5 Å². The molecule has 0 spiro atoms. The van der Waals surface area contributed by atoms with E-state index in [9.17, 15) is 4.79 Å². The number of ether oxygens (including phenoxy) is 1. The lowest BCUT2D eigenvalue weighted by Crippen LogP contribution is -2.18. The fourth-order valence-electron chi connectivity index (χ4n) is 1.34. The zero-order valence-electron chi connectivity index (χ0n) is 9.91. The second-order valence-electron chi connectivity index (χ2n) is 3.45. The monoisotopic (exact) mass is 225 g/mol. The zero-order valence-corrected chi connectivity index (χ0v) is 9.91. The Morgan fingerprint density at radius 3 is 2.75 bits per heavy atom. The molecule has 0 saturated heterocycles. The molecule has 0 atom stereocenters. The van der Waals surface area contributed by atoms with Gasteiger partial charge in [-0.15, -0.1) is 0 Å². The van der Waals surface area contributed by atoms with Crippen molar-refractivity contribution >= 4 is 5.97 Å². The Balaban J connectivity index is 2.13. The predicted molar refractivity (Wildman–Crippen MR) is 61.0 cm³/mol. The summed E-state index contributed by atoms with van der Waals surface area (Å²) in [7, 11) is 0. The van der Waals surface area contributed by atoms with Crippen LogP contribution in [0.2, 0.25) is 0 Å². The Hall–Kier alpha value is -1.29. The number of carbonyl (C=O) groups excluding carboxylic acids is 1. The van der Waals surface area contributed by atoms with Crippen molar-refractivity contribution in [3.63, 3.8) is 0 Å². The molecule has 90 valence electrons. The molecular weight excluding hydrogens is 206 g/mol. The minimum absolute atomic E-state index is 0.163. The quantitative estimate of drug-likeness (QED) is 0.568. The molecule has 0 aromatic carbocycles. The molecule has 0 amide bonds. The molecule has 1 heterocycles. The second-order valence-corrected chi connectivity index (χ2v) is 3.45. The molecule has 1 N–H and O–H groups in total. The van der Waals surface area contributed by atoms with Crippen LogP contribution in [0.1, 0.15) is 31.8 Å². The highest BCUT2D eigenvalue weighted by atomic mass is 16.5. The van der Waals surface area contributed by atoms with Crippen molar-refractivity contribution in [2.45, 2.75) is 33.2 Å². The Morgan fingerprint density at radius 2 is 2.12 bits per heavy atom. The highest BCUT2D eigenvalue weighted by Gasteiger charge is 2.02. The molecule has 0 aliphatic heterocycles. The Morgan fingerprint density at radius 1 is 1.38 bits per heavy atom. The molecule has 1 rings (SSSR count). The van der Waals surface area contributed by atoms with Gasteiger partial charge in [-0.1, -0.05) is 6.92 Å². The zero-order chi connectivity index (χ0) is 11.8. The van der Waals surface area contributed by atoms with Crippen molar-refractivity contribution in [2.75, 3.05) is 13.2 Å². The van der Waals surface area contributed by atoms with Crippen LogP contribution in [0.15, 0.2) is 16.5 Å². The molecule has 0 radical (unpaired) electrons. The van der Waals surface area contributed by atoms with Gasteiger partial charge >= 0.3 is 5.97 Å². The van der Waals surface area contributed by atoms with E-state index in [1.807, 2.05) is 12.1 Å². The van der Waals surface area contributed by atoms with Crippen molar-refractivity contribution in [3.8, 4) is 0 Å². The van der Waals surface area contributed by atoms with E-state index in [4.69, 9.17) is 9.15 Å². The minimum Gasteiger partial charge on any atom is -0.466 e. The van der Waals surface area contributed by atoms with Gasteiger partial charge in [-0.3, -0.25) is 4.79 Å². The van der Waals surface area contributed by atoms with E-state index in [-0.39, 0.29) is 5.97 Å². The van der Waals surface area contributed by atoms with Crippen molar-refractivity contribution in [1.82, 2.24) is 5.32 Å². The SMILES string of the molecule is CCOC(=O)CCNCc1ccc(CC)o1. The maximum atomic E-state index is 11.0. The van der Waals surface area contributed by atoms with Gasteiger partial charge in [0.15, 0.2) is 0 Å². The third-order valence-electron chi connectivity index (χ3n) is 2.18. The van der Waals surface area contributed by atoms with Crippen LogP contribution in [-0.4, -0.2) is 19.1 Å². The lowest BCUT2D eigenvalue weighted by atomic mass is 10.3. The van der Waals surface area contributed by atoms with Crippen LogP contribution in [0, 0.1) is 0 Å². The van der Waals surface area contributed by atoms with Crippen LogP contribution in [0.4, 0.5) is 0 Å². The minimum atomic E-state index is -0.163. The van der Waals surface area contributed by atoms with Crippen LogP contribution < -0.4 is 5.32 Å². The van der Waals surface area contributed by atoms with E-state index in [0.717, 1.165) is 17.9 Å². The van der Waals surface area contributed by atoms with E-state index in [2.05, 4.69) is 12.2 Å². The molecule has 1 aromatic rings. The number of aryl methyl sites for hydroxylation is 1. The summed E-state index contributed by atoms with van der Waals surface area (Å²) in [5.41, 5.74) is 0. The summed E-state index contributed by atoms with van der Waals surface area (Å²) in [6.07, 6.45) is 1.30. The van der Waals surface area contributed by atoms with E-state index in [1.165, 1.54) is 0 Å². The molecule has 1 aromatic heterocycles. The van der Waals surface area contributed by atoms with Gasteiger partial charge in [0.2, 0.25) is 0 Å². The first-order chi connectivity index (χ1) is 7.76. The lowest BCUT2D eigenvalue weighted by molar-refractivity contribution is -0.142. The number of hydrogen-bond donors (Lipinski definition) is 1. The summed E-state index contributed by atoms with van der Waals surface area (Å²) in [6.45, 7) is 5.56. The van der Waals surface area contributed by atoms with Gasteiger partial charge in [0, 0.05) is 13.0 Å². The Labute approximate surface area is 96.0 Å². The first-order valence-corrected chi connectivity index (χ1v) is 5.70. The fraction of sp³-hybridized carbons (Fsp3) is 0.583. The maximum absolute atomic E-state index is 11.0. The van der Waals surface area contributed by atoms with Gasteiger partial charge in [-0.05, 0) is 19.1 Å². The number of hydrogen-bond acceptors (Lipinski definition) is 4. The molecule has 0 saturated carbocycles. The molecule has 0 aliphatic rings. The van der Waals surface area contributed by atoms with Crippen molar-refractivity contribution < 1.29 is 13.9 Å². The van der Waals surface area contributed by atoms with E-state index < -0.39 is 0 Å². The number of nitrogens with one attached hydrogen (secondary N) is 1. The summed E-state index contributed by atoms with van der Waals surface area (Å²) >= 11 is 0. The summed E-state index contributed by atoms with van der Waals surface area (Å²) < 4.78 is 10.3. The Bertz CT molecular complexity index is 320. The smallest absolute Gasteiger partial charge is 0.307 e. The average molecular weight is 225 g/mol. The van der Waals surface area contributed by atoms with Gasteiger partial charge in [-0.25, -0.2) is 0 Å². The van der Waals surface area contributed by atoms with Crippen LogP contribution in [0.3, 0.4) is 0 Å². The fourth-order valence-corrected chi connectivity index (χ4v) is 1.34. The molecule has 4 nitrogen and oxygen atoms in total. The first-order valence-electron chi connectivity index (χ1n) is 5.70. The third-order valence-corrected chi connectivity index (χ3v) is 2.18. The summed E-state index contributed by atoms with van der Waals surface area (Å²) in [6, 6.07) is 3.93. The highest BCUT2D eigenvalue weighted by molar-refractivity contribution is 5.69. The number of furan rings is 1. The first kappa shape index (κ1) is 12.8. The van der Waals surface area contributed by atoms with Gasteiger partial charge in [0.05, 0.1) is 19.6 Å². The molecule has 0 unspecified atom stereocenters. The third kappa shape index (κ3) is 4.49. The summed E-state index contributed by atoms with van der Waals surface area (Å²) in [4.78, 5) is 11.0. The molecule has 0 bridgehead atoms. The molecule has 4 heteroatoms. The standard InChI is InChI=1S/C12H19NO3/c1-3-10-5-6-11(16-10)9-13-8-7-12(14)15-4-2/h5-6,13H,3-4,7-9H2,1-2H3. The Kier molecular flexibility index (Phi) is 5.64. The molecule has 0 fully saturated rings. The van der Waals surface area contributed by atoms with Crippen molar-refractivity contribution in [2.24, 2.45) is 0 Å². The van der Waals surface area contributed by atoms with Gasteiger partial charge in [-0.2, -0.15) is 0 Å². The average Bonchev–Trinajstić information content (AvgIpc) is 2.73. The molecule has 0 aliphatic carbocycles. The van der Waals surface area contributed by atoms with Crippen LogP contribution in [0.5, 0.6) is 0 Å². The second kappa shape index (κ2) is 7.06. The summed E-state index contributed by atoms with van der Waals surface area (Å²) in [5.74, 6) is 1.73. The molecular formula is C12H19NO3. The van der Waals surface area contributed by atoms with E-state index >= 15 is 0 Å². The number of esters is 1. The molecule has 16 heavy (non-hydrogen) atoms. The lowest BCUT2D eigenvalue weighted by Gasteiger charge is -2.02. The van der Waals surface area contributed by atoms with Crippen LogP contribution in [0.25, 0.3) is 0 Å². The normalized spacial score (nSPS) is 10.4. The highest BCUT2D eigenvalue weighted by Crippen LogP contribution is 2.07. The number of carbonyl (C=O) groups is 1. The maximum Gasteiger partial charge on any atom is 0.307 e. The van der Waals surface area contributed by atoms with Crippen molar-refractivity contribution in [3.05, 3.63) is 23.7 Å². The van der Waals surface area contributed by atoms with Gasteiger partial charge in [0.25, 0.3) is 0 Å².